The molecule has 2 amide bonds. The highest BCUT2D eigenvalue weighted by Crippen LogP contribution is 2.35. The summed E-state index contributed by atoms with van der Waals surface area (Å²) in [6.07, 6.45) is -0.339. The predicted molar refractivity (Wildman–Crippen MR) is 138 cm³/mol. The topological polar surface area (TPSA) is 93.9 Å². The van der Waals surface area contributed by atoms with Crippen molar-refractivity contribution in [3.05, 3.63) is 96.5 Å². The number of nitrogens with zero attached hydrogens (tertiary/aromatic N) is 1. The molecule has 1 aliphatic rings. The van der Waals surface area contributed by atoms with Gasteiger partial charge in [-0.1, -0.05) is 69.5 Å². The van der Waals surface area contributed by atoms with Crippen LogP contribution in [0.5, 0.6) is 5.75 Å². The molecule has 7 nitrogen and oxygen atoms in total. The van der Waals surface area contributed by atoms with Gasteiger partial charge in [0.15, 0.2) is 11.3 Å². The number of amides is 2. The van der Waals surface area contributed by atoms with E-state index < -0.39 is 23.2 Å². The Labute approximate surface area is 222 Å². The van der Waals surface area contributed by atoms with Crippen molar-refractivity contribution < 1.29 is 23.5 Å². The van der Waals surface area contributed by atoms with Gasteiger partial charge in [-0.25, -0.2) is 0 Å². The molecule has 2 heterocycles. The third-order valence-corrected chi connectivity index (χ3v) is 6.59. The van der Waals surface area contributed by atoms with Crippen molar-refractivity contribution in [3.63, 3.8) is 0 Å². The van der Waals surface area contributed by atoms with Crippen LogP contribution in [0.25, 0.3) is 22.3 Å². The molecule has 0 aliphatic carbocycles. The molecule has 0 bridgehead atoms. The van der Waals surface area contributed by atoms with Gasteiger partial charge in [0.2, 0.25) is 11.2 Å². The number of hydrogen-bond acceptors (Lipinski definition) is 6. The lowest BCUT2D eigenvalue weighted by atomic mass is 10.1. The standard InChI is InChI=1S/C26H14BrCl2NO6/c27-14-6-7-16-17(10-14)26(34)30(25(16)33)9-8-20(31)35-24-21(32)18-11-15(28)12-19(29)23(18)36-22(24)13-4-2-1-3-5-13/h1-7,10-12H,8-9H2. The molecule has 1 aliphatic heterocycles. The highest BCUT2D eigenvalue weighted by molar-refractivity contribution is 9.10. The highest BCUT2D eigenvalue weighted by atomic mass is 79.9. The third kappa shape index (κ3) is 4.32. The van der Waals surface area contributed by atoms with E-state index in [2.05, 4.69) is 15.9 Å². The molecule has 0 saturated heterocycles. The lowest BCUT2D eigenvalue weighted by molar-refractivity contribution is -0.134. The number of carbonyl (C=O) groups excluding carboxylic acids is 3. The Morgan fingerprint density at radius 3 is 2.42 bits per heavy atom. The monoisotopic (exact) mass is 585 g/mol. The summed E-state index contributed by atoms with van der Waals surface area (Å²) >= 11 is 15.6. The summed E-state index contributed by atoms with van der Waals surface area (Å²) in [4.78, 5) is 52.4. The van der Waals surface area contributed by atoms with E-state index in [-0.39, 0.29) is 56.6 Å². The summed E-state index contributed by atoms with van der Waals surface area (Å²) in [6.45, 7) is -0.222. The van der Waals surface area contributed by atoms with Crippen LogP contribution in [-0.2, 0) is 4.79 Å². The van der Waals surface area contributed by atoms with Crippen LogP contribution in [0.2, 0.25) is 10.0 Å². The number of rotatable bonds is 5. The number of ether oxygens (including phenoxy) is 1. The number of hydrogen-bond donors (Lipinski definition) is 0. The number of halogens is 3. The first-order valence-corrected chi connectivity index (χ1v) is 12.2. The average molecular weight is 587 g/mol. The van der Waals surface area contributed by atoms with E-state index in [9.17, 15) is 19.2 Å². The fraction of sp³-hybridized carbons (Fsp3) is 0.0769. The summed E-state index contributed by atoms with van der Waals surface area (Å²) in [7, 11) is 0. The smallest absolute Gasteiger partial charge is 0.313 e. The molecule has 5 rings (SSSR count). The van der Waals surface area contributed by atoms with Crippen LogP contribution in [0.4, 0.5) is 0 Å². The van der Waals surface area contributed by atoms with Crippen molar-refractivity contribution in [2.75, 3.05) is 6.54 Å². The Morgan fingerprint density at radius 1 is 0.944 bits per heavy atom. The number of imide groups is 1. The van der Waals surface area contributed by atoms with E-state index >= 15 is 0 Å². The van der Waals surface area contributed by atoms with Crippen LogP contribution in [-0.4, -0.2) is 29.2 Å². The SMILES string of the molecule is O=C(CCN1C(=O)c2ccc(Br)cc2C1=O)Oc1c(-c2ccccc2)oc2c(Cl)cc(Cl)cc2c1=O. The lowest BCUT2D eigenvalue weighted by Crippen LogP contribution is -2.32. The van der Waals surface area contributed by atoms with Gasteiger partial charge in [0.1, 0.15) is 0 Å². The molecule has 3 aromatic carbocycles. The van der Waals surface area contributed by atoms with Crippen molar-refractivity contribution >= 4 is 67.9 Å². The molecule has 0 unspecified atom stereocenters. The molecule has 0 spiro atoms. The molecule has 36 heavy (non-hydrogen) atoms. The molecule has 180 valence electrons. The maximum atomic E-state index is 13.3. The minimum absolute atomic E-state index is 0.0104. The Bertz CT molecular complexity index is 1630. The molecule has 0 fully saturated rings. The van der Waals surface area contributed by atoms with Crippen LogP contribution in [0.3, 0.4) is 0 Å². The summed E-state index contributed by atoms with van der Waals surface area (Å²) in [5.41, 5.74) is 0.446. The molecule has 0 N–H and O–H groups in total. The van der Waals surface area contributed by atoms with Crippen LogP contribution in [0.1, 0.15) is 27.1 Å². The molecule has 1 aromatic heterocycles. The zero-order valence-electron chi connectivity index (χ0n) is 18.2. The first-order chi connectivity index (χ1) is 17.2. The average Bonchev–Trinajstić information content (AvgIpc) is 3.09. The zero-order valence-corrected chi connectivity index (χ0v) is 21.3. The van der Waals surface area contributed by atoms with Gasteiger partial charge >= 0.3 is 5.97 Å². The normalized spacial score (nSPS) is 12.8. The third-order valence-electron chi connectivity index (χ3n) is 5.59. The van der Waals surface area contributed by atoms with Crippen LogP contribution >= 0.6 is 39.1 Å². The van der Waals surface area contributed by atoms with E-state index in [4.69, 9.17) is 32.4 Å². The Morgan fingerprint density at radius 2 is 1.67 bits per heavy atom. The quantitative estimate of drug-likeness (QED) is 0.206. The molecule has 4 aromatic rings. The van der Waals surface area contributed by atoms with Gasteiger partial charge in [-0.2, -0.15) is 0 Å². The van der Waals surface area contributed by atoms with E-state index in [0.29, 0.717) is 10.0 Å². The van der Waals surface area contributed by atoms with Gasteiger partial charge in [0.25, 0.3) is 11.8 Å². The summed E-state index contributed by atoms with van der Waals surface area (Å²) in [5, 5.41) is 0.379. The first kappa shape index (κ1) is 24.2. The van der Waals surface area contributed by atoms with E-state index in [0.717, 1.165) is 4.90 Å². The fourth-order valence-corrected chi connectivity index (χ4v) is 4.81. The molecule has 0 radical (unpaired) electrons. The second-order valence-electron chi connectivity index (χ2n) is 7.90. The minimum Gasteiger partial charge on any atom is -0.450 e. The molecular weight excluding hydrogens is 573 g/mol. The second-order valence-corrected chi connectivity index (χ2v) is 9.65. The van der Waals surface area contributed by atoms with Crippen molar-refractivity contribution in [1.82, 2.24) is 4.90 Å². The molecular formula is C26H14BrCl2NO6. The first-order valence-electron chi connectivity index (χ1n) is 10.6. The van der Waals surface area contributed by atoms with Crippen molar-refractivity contribution in [2.45, 2.75) is 6.42 Å². The highest BCUT2D eigenvalue weighted by Gasteiger charge is 2.36. The van der Waals surface area contributed by atoms with Gasteiger partial charge in [0.05, 0.1) is 28.0 Å². The van der Waals surface area contributed by atoms with Crippen molar-refractivity contribution in [3.8, 4) is 17.1 Å². The lowest BCUT2D eigenvalue weighted by Gasteiger charge is -2.14. The Kier molecular flexibility index (Phi) is 6.42. The van der Waals surface area contributed by atoms with Gasteiger partial charge in [0, 0.05) is 21.6 Å². The minimum atomic E-state index is -0.829. The van der Waals surface area contributed by atoms with E-state index in [1.165, 1.54) is 12.1 Å². The van der Waals surface area contributed by atoms with Crippen LogP contribution in [0, 0.1) is 0 Å². The number of benzene rings is 3. The number of fused-ring (bicyclic) bond motifs is 2. The van der Waals surface area contributed by atoms with Gasteiger partial charge in [-0.05, 0) is 30.3 Å². The van der Waals surface area contributed by atoms with E-state index in [1.54, 1.807) is 48.5 Å². The largest absolute Gasteiger partial charge is 0.450 e. The van der Waals surface area contributed by atoms with Crippen molar-refractivity contribution in [2.24, 2.45) is 0 Å². The van der Waals surface area contributed by atoms with Gasteiger partial charge in [-0.3, -0.25) is 24.1 Å². The fourth-order valence-electron chi connectivity index (χ4n) is 3.91. The molecule has 10 heteroatoms. The molecule has 0 saturated carbocycles. The Balaban J connectivity index is 1.45. The van der Waals surface area contributed by atoms with Gasteiger partial charge < -0.3 is 9.15 Å². The number of esters is 1. The van der Waals surface area contributed by atoms with E-state index in [1.807, 2.05) is 0 Å². The molecule has 0 atom stereocenters. The van der Waals surface area contributed by atoms with Crippen LogP contribution in [0.15, 0.2) is 74.3 Å². The van der Waals surface area contributed by atoms with Gasteiger partial charge in [-0.15, -0.1) is 0 Å². The maximum Gasteiger partial charge on any atom is 0.313 e. The van der Waals surface area contributed by atoms with Crippen molar-refractivity contribution in [1.29, 1.82) is 0 Å². The summed E-state index contributed by atoms with van der Waals surface area (Å²) in [5.74, 6) is -2.18. The maximum absolute atomic E-state index is 13.3. The zero-order chi connectivity index (χ0) is 25.6. The number of carbonyl (C=O) groups is 3. The Hall–Kier alpha value is -3.46. The summed E-state index contributed by atoms with van der Waals surface area (Å²) < 4.78 is 12.0. The predicted octanol–water partition coefficient (Wildman–Crippen LogP) is 6.12. The summed E-state index contributed by atoms with van der Waals surface area (Å²) in [6, 6.07) is 16.2. The second kappa shape index (κ2) is 9.54. The van der Waals surface area contributed by atoms with Crippen LogP contribution < -0.4 is 10.2 Å².